The zero-order valence-electron chi connectivity index (χ0n) is 9.50. The van der Waals surface area contributed by atoms with Gasteiger partial charge in [0.2, 0.25) is 0 Å². The van der Waals surface area contributed by atoms with Crippen molar-refractivity contribution in [2.24, 2.45) is 0 Å². The average molecular weight is 234 g/mol. The zero-order valence-corrected chi connectivity index (χ0v) is 9.50. The van der Waals surface area contributed by atoms with Crippen LogP contribution in [0.3, 0.4) is 0 Å². The molecule has 1 unspecified atom stereocenters. The number of carbonyl (C=O) groups is 2. The minimum absolute atomic E-state index is 0.190. The van der Waals surface area contributed by atoms with E-state index in [1.807, 2.05) is 30.3 Å². The summed E-state index contributed by atoms with van der Waals surface area (Å²) in [4.78, 5) is 21.7. The van der Waals surface area contributed by atoms with E-state index in [1.54, 1.807) is 13.0 Å². The Balaban J connectivity index is 2.44. The standard InChI is InChI=1S/C13H14O4/c1-10(9-12(14)15)17-13(16)8-7-11-5-3-2-4-6-11/h2-8,10H,9H2,1H3,(H,14,15). The van der Waals surface area contributed by atoms with Crippen molar-refractivity contribution >= 4 is 18.0 Å². The zero-order chi connectivity index (χ0) is 12.7. The highest BCUT2D eigenvalue weighted by atomic mass is 16.5. The average Bonchev–Trinajstić information content (AvgIpc) is 2.26. The van der Waals surface area contributed by atoms with Crippen LogP contribution in [0, 0.1) is 0 Å². The van der Waals surface area contributed by atoms with E-state index in [0.717, 1.165) is 5.56 Å². The highest BCUT2D eigenvalue weighted by molar-refractivity contribution is 5.87. The topological polar surface area (TPSA) is 63.6 Å². The second kappa shape index (κ2) is 6.48. The van der Waals surface area contributed by atoms with Gasteiger partial charge in [0.25, 0.3) is 0 Å². The van der Waals surface area contributed by atoms with Crippen LogP contribution in [0.2, 0.25) is 0 Å². The minimum atomic E-state index is -0.989. The number of carboxylic acids is 1. The fraction of sp³-hybridized carbons (Fsp3) is 0.231. The maximum atomic E-state index is 11.3. The molecule has 0 aromatic heterocycles. The van der Waals surface area contributed by atoms with Gasteiger partial charge in [-0.2, -0.15) is 0 Å². The number of hydrogen-bond acceptors (Lipinski definition) is 3. The van der Waals surface area contributed by atoms with Crippen molar-refractivity contribution in [1.82, 2.24) is 0 Å². The Labute approximate surface area is 99.5 Å². The molecule has 0 aliphatic heterocycles. The summed E-state index contributed by atoms with van der Waals surface area (Å²) in [5, 5.41) is 8.50. The van der Waals surface area contributed by atoms with Crippen molar-refractivity contribution in [3.8, 4) is 0 Å². The first-order chi connectivity index (χ1) is 8.08. The summed E-state index contributed by atoms with van der Waals surface area (Å²) in [6.45, 7) is 1.54. The maximum absolute atomic E-state index is 11.3. The lowest BCUT2D eigenvalue weighted by Crippen LogP contribution is -2.16. The molecule has 90 valence electrons. The lowest BCUT2D eigenvalue weighted by molar-refractivity contribution is -0.147. The molecule has 1 atom stereocenters. The van der Waals surface area contributed by atoms with Gasteiger partial charge in [-0.3, -0.25) is 4.79 Å². The Hall–Kier alpha value is -2.10. The second-order valence-corrected chi connectivity index (χ2v) is 3.59. The van der Waals surface area contributed by atoms with E-state index in [2.05, 4.69) is 0 Å². The minimum Gasteiger partial charge on any atom is -0.481 e. The van der Waals surface area contributed by atoms with Crippen LogP contribution < -0.4 is 0 Å². The van der Waals surface area contributed by atoms with E-state index >= 15 is 0 Å². The molecule has 0 fully saturated rings. The van der Waals surface area contributed by atoms with Crippen LogP contribution in [0.25, 0.3) is 6.08 Å². The lowest BCUT2D eigenvalue weighted by Gasteiger charge is -2.08. The van der Waals surface area contributed by atoms with E-state index < -0.39 is 18.0 Å². The van der Waals surface area contributed by atoms with E-state index in [-0.39, 0.29) is 6.42 Å². The number of ether oxygens (including phenoxy) is 1. The van der Waals surface area contributed by atoms with Crippen LogP contribution in [0.5, 0.6) is 0 Å². The molecule has 4 heteroatoms. The smallest absolute Gasteiger partial charge is 0.331 e. The molecule has 0 saturated carbocycles. The summed E-state index contributed by atoms with van der Waals surface area (Å²) in [5.74, 6) is -1.53. The predicted molar refractivity (Wildman–Crippen MR) is 63.3 cm³/mol. The SMILES string of the molecule is CC(CC(=O)O)OC(=O)C=Cc1ccccc1. The number of benzene rings is 1. The van der Waals surface area contributed by atoms with Gasteiger partial charge in [0.15, 0.2) is 0 Å². The highest BCUT2D eigenvalue weighted by Crippen LogP contribution is 2.03. The third-order valence-electron chi connectivity index (χ3n) is 1.99. The summed E-state index contributed by atoms with van der Waals surface area (Å²) in [5.41, 5.74) is 0.885. The van der Waals surface area contributed by atoms with Crippen LogP contribution in [0.15, 0.2) is 36.4 Å². The predicted octanol–water partition coefficient (Wildman–Crippen LogP) is 2.11. The molecule has 0 amide bonds. The molecule has 1 aromatic carbocycles. The van der Waals surface area contributed by atoms with Crippen molar-refractivity contribution in [3.63, 3.8) is 0 Å². The molecular formula is C13H14O4. The van der Waals surface area contributed by atoms with Crippen LogP contribution in [-0.2, 0) is 14.3 Å². The summed E-state index contributed by atoms with van der Waals surface area (Å²) in [6, 6.07) is 9.30. The molecule has 17 heavy (non-hydrogen) atoms. The summed E-state index contributed by atoms with van der Waals surface area (Å²) in [7, 11) is 0. The Kier molecular flexibility index (Phi) is 4.94. The molecule has 0 aliphatic rings. The van der Waals surface area contributed by atoms with E-state index in [1.165, 1.54) is 6.08 Å². The first kappa shape index (κ1) is 13.0. The Morgan fingerprint density at radius 2 is 2.00 bits per heavy atom. The van der Waals surface area contributed by atoms with Crippen LogP contribution in [0.4, 0.5) is 0 Å². The van der Waals surface area contributed by atoms with Crippen molar-refractivity contribution in [2.45, 2.75) is 19.4 Å². The molecule has 1 rings (SSSR count). The van der Waals surface area contributed by atoms with Crippen molar-refractivity contribution in [1.29, 1.82) is 0 Å². The highest BCUT2D eigenvalue weighted by Gasteiger charge is 2.10. The number of carboxylic acid groups (broad SMARTS) is 1. The molecular weight excluding hydrogens is 220 g/mol. The Bertz CT molecular complexity index is 409. The summed E-state index contributed by atoms with van der Waals surface area (Å²) >= 11 is 0. The molecule has 0 saturated heterocycles. The summed E-state index contributed by atoms with van der Waals surface area (Å²) < 4.78 is 4.88. The molecule has 0 spiro atoms. The first-order valence-electron chi connectivity index (χ1n) is 5.23. The molecule has 1 aromatic rings. The second-order valence-electron chi connectivity index (χ2n) is 3.59. The molecule has 0 heterocycles. The van der Waals surface area contributed by atoms with Crippen LogP contribution in [0.1, 0.15) is 18.9 Å². The van der Waals surface area contributed by atoms with Gasteiger partial charge < -0.3 is 9.84 Å². The number of hydrogen-bond donors (Lipinski definition) is 1. The van der Waals surface area contributed by atoms with Gasteiger partial charge in [-0.15, -0.1) is 0 Å². The molecule has 1 N–H and O–H groups in total. The third-order valence-corrected chi connectivity index (χ3v) is 1.99. The Morgan fingerprint density at radius 3 is 2.59 bits per heavy atom. The van der Waals surface area contributed by atoms with Gasteiger partial charge in [0.1, 0.15) is 6.10 Å². The van der Waals surface area contributed by atoms with Gasteiger partial charge >= 0.3 is 11.9 Å². The number of aliphatic carboxylic acids is 1. The number of carbonyl (C=O) groups excluding carboxylic acids is 1. The molecule has 0 radical (unpaired) electrons. The monoisotopic (exact) mass is 234 g/mol. The van der Waals surface area contributed by atoms with E-state index in [0.29, 0.717) is 0 Å². The largest absolute Gasteiger partial charge is 0.481 e. The quantitative estimate of drug-likeness (QED) is 0.626. The number of esters is 1. The molecule has 0 bridgehead atoms. The van der Waals surface area contributed by atoms with Gasteiger partial charge in [0.05, 0.1) is 6.42 Å². The van der Waals surface area contributed by atoms with Gasteiger partial charge in [0, 0.05) is 6.08 Å². The van der Waals surface area contributed by atoms with Gasteiger partial charge in [-0.1, -0.05) is 30.3 Å². The van der Waals surface area contributed by atoms with Crippen LogP contribution >= 0.6 is 0 Å². The molecule has 4 nitrogen and oxygen atoms in total. The molecule has 0 aliphatic carbocycles. The van der Waals surface area contributed by atoms with Crippen molar-refractivity contribution in [3.05, 3.63) is 42.0 Å². The first-order valence-corrected chi connectivity index (χ1v) is 5.23. The lowest BCUT2D eigenvalue weighted by atomic mass is 10.2. The van der Waals surface area contributed by atoms with E-state index in [4.69, 9.17) is 9.84 Å². The summed E-state index contributed by atoms with van der Waals surface area (Å²) in [6.07, 6.45) is 2.09. The normalized spacial score (nSPS) is 12.3. The fourth-order valence-electron chi connectivity index (χ4n) is 1.25. The van der Waals surface area contributed by atoms with Gasteiger partial charge in [-0.25, -0.2) is 4.79 Å². The maximum Gasteiger partial charge on any atom is 0.331 e. The van der Waals surface area contributed by atoms with Crippen molar-refractivity contribution in [2.75, 3.05) is 0 Å². The third kappa shape index (κ3) is 5.51. The van der Waals surface area contributed by atoms with E-state index in [9.17, 15) is 9.59 Å². The number of rotatable bonds is 5. The van der Waals surface area contributed by atoms with Crippen LogP contribution in [-0.4, -0.2) is 23.1 Å². The Morgan fingerprint density at radius 1 is 1.35 bits per heavy atom. The van der Waals surface area contributed by atoms with Gasteiger partial charge in [-0.05, 0) is 18.6 Å². The fourth-order valence-corrected chi connectivity index (χ4v) is 1.25. The van der Waals surface area contributed by atoms with Crippen molar-refractivity contribution < 1.29 is 19.4 Å².